The lowest BCUT2D eigenvalue weighted by atomic mass is 10.1. The van der Waals surface area contributed by atoms with Crippen molar-refractivity contribution in [1.82, 2.24) is 10.3 Å². The van der Waals surface area contributed by atoms with Crippen molar-refractivity contribution in [3.63, 3.8) is 0 Å². The Hall–Kier alpha value is -1.16. The van der Waals surface area contributed by atoms with Crippen LogP contribution in [0.5, 0.6) is 0 Å². The van der Waals surface area contributed by atoms with Crippen molar-refractivity contribution < 1.29 is 4.39 Å². The molecular weight excluding hydrogens is 241 g/mol. The highest BCUT2D eigenvalue weighted by atomic mass is 19.1. The molecule has 1 aliphatic heterocycles. The molecule has 19 heavy (non-hydrogen) atoms. The van der Waals surface area contributed by atoms with Crippen molar-refractivity contribution >= 4 is 5.82 Å². The molecule has 104 valence electrons. The Morgan fingerprint density at radius 1 is 1.42 bits per heavy atom. The average Bonchev–Trinajstić information content (AvgIpc) is 3.13. The predicted molar refractivity (Wildman–Crippen MR) is 74.7 cm³/mol. The molecule has 4 heteroatoms. The molecule has 1 aromatic heterocycles. The minimum Gasteiger partial charge on any atom is -0.353 e. The van der Waals surface area contributed by atoms with Crippen LogP contribution >= 0.6 is 0 Å². The fourth-order valence-corrected chi connectivity index (χ4v) is 2.94. The number of hydrogen-bond acceptors (Lipinski definition) is 3. The molecule has 2 fully saturated rings. The molecule has 1 aliphatic carbocycles. The Bertz CT molecular complexity index is 445. The molecule has 1 aromatic rings. The molecule has 0 bridgehead atoms. The maximum Gasteiger partial charge on any atom is 0.141 e. The third-order valence-electron chi connectivity index (χ3n) is 4.19. The Morgan fingerprint density at radius 3 is 3.00 bits per heavy atom. The Morgan fingerprint density at radius 2 is 2.26 bits per heavy atom. The van der Waals surface area contributed by atoms with E-state index in [1.165, 1.54) is 31.9 Å². The first-order valence-electron chi connectivity index (χ1n) is 7.42. The van der Waals surface area contributed by atoms with Crippen molar-refractivity contribution in [2.24, 2.45) is 0 Å². The summed E-state index contributed by atoms with van der Waals surface area (Å²) in [5.41, 5.74) is 1.01. The number of hydrogen-bond donors (Lipinski definition) is 1. The summed E-state index contributed by atoms with van der Waals surface area (Å²) < 4.78 is 13.4. The van der Waals surface area contributed by atoms with Crippen molar-refractivity contribution in [2.45, 2.75) is 57.7 Å². The molecule has 2 aliphatic rings. The van der Waals surface area contributed by atoms with E-state index < -0.39 is 0 Å². The Labute approximate surface area is 114 Å². The second-order valence-electron chi connectivity index (χ2n) is 5.69. The van der Waals surface area contributed by atoms with Gasteiger partial charge in [0.1, 0.15) is 11.6 Å². The topological polar surface area (TPSA) is 28.2 Å². The third kappa shape index (κ3) is 2.89. The van der Waals surface area contributed by atoms with Crippen molar-refractivity contribution in [2.75, 3.05) is 11.4 Å². The lowest BCUT2D eigenvalue weighted by Gasteiger charge is -2.27. The summed E-state index contributed by atoms with van der Waals surface area (Å²) in [4.78, 5) is 6.73. The third-order valence-corrected chi connectivity index (χ3v) is 4.19. The Balaban J connectivity index is 1.81. The van der Waals surface area contributed by atoms with Gasteiger partial charge in [-0.1, -0.05) is 6.92 Å². The minimum absolute atomic E-state index is 0.233. The highest BCUT2D eigenvalue weighted by molar-refractivity contribution is 5.49. The van der Waals surface area contributed by atoms with E-state index >= 15 is 0 Å². The number of anilines is 1. The number of nitrogens with one attached hydrogen (secondary N) is 1. The number of pyridine rings is 1. The molecule has 0 radical (unpaired) electrons. The van der Waals surface area contributed by atoms with Crippen LogP contribution in [0, 0.1) is 5.82 Å². The van der Waals surface area contributed by atoms with Gasteiger partial charge in [-0.25, -0.2) is 9.37 Å². The number of halogens is 1. The summed E-state index contributed by atoms with van der Waals surface area (Å²) in [5.74, 6) is 0.752. The van der Waals surface area contributed by atoms with Crippen molar-refractivity contribution in [3.8, 4) is 0 Å². The molecule has 1 saturated carbocycles. The van der Waals surface area contributed by atoms with Crippen LogP contribution < -0.4 is 10.2 Å². The average molecular weight is 263 g/mol. The zero-order valence-electron chi connectivity index (χ0n) is 11.5. The van der Waals surface area contributed by atoms with Gasteiger partial charge in [0.15, 0.2) is 0 Å². The van der Waals surface area contributed by atoms with E-state index in [1.807, 2.05) is 0 Å². The Kier molecular flexibility index (Phi) is 3.69. The molecule has 1 unspecified atom stereocenters. The van der Waals surface area contributed by atoms with Crippen molar-refractivity contribution in [1.29, 1.82) is 0 Å². The van der Waals surface area contributed by atoms with E-state index in [-0.39, 0.29) is 5.82 Å². The van der Waals surface area contributed by atoms with Gasteiger partial charge in [-0.15, -0.1) is 0 Å². The highest BCUT2D eigenvalue weighted by Crippen LogP contribution is 2.29. The first-order chi connectivity index (χ1) is 9.28. The fourth-order valence-electron chi connectivity index (χ4n) is 2.94. The summed E-state index contributed by atoms with van der Waals surface area (Å²) in [6.45, 7) is 4.00. The van der Waals surface area contributed by atoms with Gasteiger partial charge in [0.2, 0.25) is 0 Å². The van der Waals surface area contributed by atoms with Crippen LogP contribution in [0.2, 0.25) is 0 Å². The molecule has 1 atom stereocenters. The van der Waals surface area contributed by atoms with E-state index in [0.717, 1.165) is 30.9 Å². The quantitative estimate of drug-likeness (QED) is 0.885. The van der Waals surface area contributed by atoms with E-state index in [4.69, 9.17) is 0 Å². The fraction of sp³-hybridized carbons (Fsp3) is 0.667. The maximum atomic E-state index is 13.4. The van der Waals surface area contributed by atoms with Gasteiger partial charge in [-0.2, -0.15) is 0 Å². The van der Waals surface area contributed by atoms with Crippen LogP contribution in [-0.4, -0.2) is 23.6 Å². The van der Waals surface area contributed by atoms with Crippen LogP contribution in [0.15, 0.2) is 12.3 Å². The molecule has 1 N–H and O–H groups in total. The zero-order chi connectivity index (χ0) is 13.2. The van der Waals surface area contributed by atoms with Crippen LogP contribution in [0.1, 0.15) is 44.6 Å². The lowest BCUT2D eigenvalue weighted by molar-refractivity contribution is 0.601. The zero-order valence-corrected chi connectivity index (χ0v) is 11.5. The molecule has 3 rings (SSSR count). The summed E-state index contributed by atoms with van der Waals surface area (Å²) >= 11 is 0. The summed E-state index contributed by atoms with van der Waals surface area (Å²) in [6.07, 6.45) is 7.42. The summed E-state index contributed by atoms with van der Waals surface area (Å²) in [7, 11) is 0. The standard InChI is InChI=1S/C15H22FN3/c1-2-14-4-3-7-19(14)15-11(8-12(16)10-18-15)9-17-13-5-6-13/h8,10,13-14,17H,2-7,9H2,1H3. The van der Waals surface area contributed by atoms with Crippen LogP contribution in [0.25, 0.3) is 0 Å². The van der Waals surface area contributed by atoms with Crippen LogP contribution in [-0.2, 0) is 6.54 Å². The molecular formula is C15H22FN3. The van der Waals surface area contributed by atoms with Gasteiger partial charge in [0, 0.05) is 30.7 Å². The van der Waals surface area contributed by atoms with E-state index in [9.17, 15) is 4.39 Å². The highest BCUT2D eigenvalue weighted by Gasteiger charge is 2.27. The lowest BCUT2D eigenvalue weighted by Crippen LogP contribution is -2.31. The summed E-state index contributed by atoms with van der Waals surface area (Å²) in [5, 5.41) is 3.46. The largest absolute Gasteiger partial charge is 0.353 e. The molecule has 0 aromatic carbocycles. The first kappa shape index (κ1) is 12.9. The summed E-state index contributed by atoms with van der Waals surface area (Å²) in [6, 6.07) is 2.84. The number of rotatable bonds is 5. The molecule has 1 saturated heterocycles. The normalized spacial score (nSPS) is 23.1. The van der Waals surface area contributed by atoms with Crippen LogP contribution in [0.3, 0.4) is 0 Å². The van der Waals surface area contributed by atoms with Gasteiger partial charge in [-0.3, -0.25) is 0 Å². The van der Waals surface area contributed by atoms with Gasteiger partial charge < -0.3 is 10.2 Å². The van der Waals surface area contributed by atoms with Gasteiger partial charge in [0.25, 0.3) is 0 Å². The number of nitrogens with zero attached hydrogens (tertiary/aromatic N) is 2. The SMILES string of the molecule is CCC1CCCN1c1ncc(F)cc1CNC1CC1. The van der Waals surface area contributed by atoms with E-state index in [1.54, 1.807) is 6.07 Å². The molecule has 0 amide bonds. The van der Waals surface area contributed by atoms with E-state index in [0.29, 0.717) is 12.1 Å². The van der Waals surface area contributed by atoms with Crippen LogP contribution in [0.4, 0.5) is 10.2 Å². The monoisotopic (exact) mass is 263 g/mol. The predicted octanol–water partition coefficient (Wildman–Crippen LogP) is 2.85. The van der Waals surface area contributed by atoms with E-state index in [2.05, 4.69) is 22.1 Å². The van der Waals surface area contributed by atoms with Gasteiger partial charge >= 0.3 is 0 Å². The minimum atomic E-state index is -0.233. The number of aromatic nitrogens is 1. The van der Waals surface area contributed by atoms with Crippen molar-refractivity contribution in [3.05, 3.63) is 23.6 Å². The molecule has 3 nitrogen and oxygen atoms in total. The van der Waals surface area contributed by atoms with Gasteiger partial charge in [-0.05, 0) is 38.2 Å². The smallest absolute Gasteiger partial charge is 0.141 e. The molecule has 0 spiro atoms. The second-order valence-corrected chi connectivity index (χ2v) is 5.69. The maximum absolute atomic E-state index is 13.4. The van der Waals surface area contributed by atoms with Gasteiger partial charge in [0.05, 0.1) is 6.20 Å². The first-order valence-corrected chi connectivity index (χ1v) is 7.42. The second kappa shape index (κ2) is 5.45. The molecule has 2 heterocycles.